The van der Waals surface area contributed by atoms with E-state index in [-0.39, 0.29) is 6.61 Å². The van der Waals surface area contributed by atoms with Crippen molar-refractivity contribution in [2.75, 3.05) is 20.3 Å². The molecule has 5 nitrogen and oxygen atoms in total. The van der Waals surface area contributed by atoms with Gasteiger partial charge >= 0.3 is 6.03 Å². The number of urea groups is 1. The lowest BCUT2D eigenvalue weighted by Gasteiger charge is -2.30. The first-order chi connectivity index (χ1) is 9.96. The van der Waals surface area contributed by atoms with Gasteiger partial charge in [-0.25, -0.2) is 13.6 Å². The number of nitrogens with one attached hydrogen (secondary N) is 1. The van der Waals surface area contributed by atoms with Crippen molar-refractivity contribution in [3.8, 4) is 0 Å². The zero-order valence-electron chi connectivity index (χ0n) is 11.7. The molecule has 1 aromatic heterocycles. The number of pyridine rings is 1. The molecule has 2 aliphatic rings. The highest BCUT2D eigenvalue weighted by Crippen LogP contribution is 2.50. The van der Waals surface area contributed by atoms with Crippen LogP contribution in [0.1, 0.15) is 18.4 Å². The van der Waals surface area contributed by atoms with Crippen molar-refractivity contribution >= 4 is 6.03 Å². The third-order valence-corrected chi connectivity index (χ3v) is 4.27. The van der Waals surface area contributed by atoms with Crippen LogP contribution < -0.4 is 5.32 Å². The Kier molecular flexibility index (Phi) is 3.32. The summed E-state index contributed by atoms with van der Waals surface area (Å²) in [5.41, 5.74) is 0.575. The van der Waals surface area contributed by atoms with Gasteiger partial charge in [0.1, 0.15) is 12.6 Å². The van der Waals surface area contributed by atoms with E-state index in [1.807, 2.05) is 12.1 Å². The SMILES string of the molecule is CN(C(=O)N[C@@H]1COCC1(F)F)C1(c2ccncc2)CC1. The molecule has 2 amide bonds. The third kappa shape index (κ3) is 2.46. The van der Waals surface area contributed by atoms with Crippen molar-refractivity contribution in [1.82, 2.24) is 15.2 Å². The lowest BCUT2D eigenvalue weighted by atomic mass is 10.1. The van der Waals surface area contributed by atoms with Gasteiger partial charge in [-0.1, -0.05) is 0 Å². The number of carbonyl (C=O) groups excluding carboxylic acids is 1. The highest BCUT2D eigenvalue weighted by atomic mass is 19.3. The van der Waals surface area contributed by atoms with Gasteiger partial charge in [-0.3, -0.25) is 4.98 Å². The Bertz CT molecular complexity index is 534. The number of alkyl halides is 2. The van der Waals surface area contributed by atoms with Crippen LogP contribution in [0.2, 0.25) is 0 Å². The molecule has 3 rings (SSSR count). The van der Waals surface area contributed by atoms with Crippen molar-refractivity contribution in [2.24, 2.45) is 0 Å². The molecule has 0 spiro atoms. The van der Waals surface area contributed by atoms with Gasteiger partial charge in [0, 0.05) is 19.4 Å². The Hall–Kier alpha value is -1.76. The van der Waals surface area contributed by atoms with Crippen LogP contribution >= 0.6 is 0 Å². The van der Waals surface area contributed by atoms with Gasteiger partial charge in [0.25, 0.3) is 5.92 Å². The maximum Gasteiger partial charge on any atom is 0.318 e. The van der Waals surface area contributed by atoms with Gasteiger partial charge in [-0.05, 0) is 30.5 Å². The Morgan fingerprint density at radius 1 is 1.43 bits per heavy atom. The van der Waals surface area contributed by atoms with Crippen LogP contribution in [0.3, 0.4) is 0 Å². The summed E-state index contributed by atoms with van der Waals surface area (Å²) in [5, 5.41) is 2.38. The second kappa shape index (κ2) is 4.91. The lowest BCUT2D eigenvalue weighted by Crippen LogP contribution is -2.52. The first-order valence-electron chi connectivity index (χ1n) is 6.86. The number of amides is 2. The Morgan fingerprint density at radius 3 is 2.62 bits per heavy atom. The summed E-state index contributed by atoms with van der Waals surface area (Å²) in [6.45, 7) is -0.800. The summed E-state index contributed by atoms with van der Waals surface area (Å²) in [5.74, 6) is -3.01. The van der Waals surface area contributed by atoms with Gasteiger partial charge in [-0.15, -0.1) is 0 Å². The number of aromatic nitrogens is 1. The van der Waals surface area contributed by atoms with E-state index in [9.17, 15) is 13.6 Å². The van der Waals surface area contributed by atoms with Crippen LogP contribution in [0, 0.1) is 0 Å². The predicted molar refractivity (Wildman–Crippen MR) is 71.0 cm³/mol. The Labute approximate surface area is 121 Å². The molecule has 2 heterocycles. The Morgan fingerprint density at radius 2 is 2.10 bits per heavy atom. The minimum atomic E-state index is -3.01. The van der Waals surface area contributed by atoms with Crippen molar-refractivity contribution in [1.29, 1.82) is 0 Å². The molecule has 1 atom stereocenters. The normalized spacial score (nSPS) is 25.4. The first kappa shape index (κ1) is 14.2. The number of hydrogen-bond donors (Lipinski definition) is 1. The molecule has 1 saturated carbocycles. The molecular weight excluding hydrogens is 280 g/mol. The number of hydrogen-bond acceptors (Lipinski definition) is 3. The number of rotatable bonds is 3. The van der Waals surface area contributed by atoms with E-state index in [0.29, 0.717) is 0 Å². The molecule has 114 valence electrons. The van der Waals surface area contributed by atoms with Crippen LogP contribution in [-0.4, -0.2) is 48.1 Å². The van der Waals surface area contributed by atoms with Crippen molar-refractivity contribution < 1.29 is 18.3 Å². The standard InChI is InChI=1S/C14H17F2N3O2/c1-19(12(20)18-11-8-21-9-14(11,15)16)13(4-5-13)10-2-6-17-7-3-10/h2-3,6-7,11H,4-5,8-9H2,1H3,(H,18,20)/t11-/m1/s1. The van der Waals surface area contributed by atoms with Crippen LogP contribution in [0.25, 0.3) is 0 Å². The highest BCUT2D eigenvalue weighted by Gasteiger charge is 2.52. The summed E-state index contributed by atoms with van der Waals surface area (Å²) >= 11 is 0. The molecule has 1 saturated heterocycles. The van der Waals surface area contributed by atoms with Crippen molar-refractivity contribution in [3.63, 3.8) is 0 Å². The van der Waals surface area contributed by atoms with E-state index < -0.39 is 30.1 Å². The zero-order valence-corrected chi connectivity index (χ0v) is 11.7. The maximum atomic E-state index is 13.5. The zero-order chi connectivity index (χ0) is 15.1. The van der Waals surface area contributed by atoms with Crippen molar-refractivity contribution in [3.05, 3.63) is 30.1 Å². The van der Waals surface area contributed by atoms with Gasteiger partial charge in [0.15, 0.2) is 0 Å². The number of halogens is 2. The molecule has 0 radical (unpaired) electrons. The summed E-state index contributed by atoms with van der Waals surface area (Å²) in [6.07, 6.45) is 4.97. The summed E-state index contributed by atoms with van der Waals surface area (Å²) in [4.78, 5) is 17.7. The fourth-order valence-corrected chi connectivity index (χ4v) is 2.72. The average molecular weight is 297 g/mol. The monoisotopic (exact) mass is 297 g/mol. The number of ether oxygens (including phenoxy) is 1. The smallest absolute Gasteiger partial charge is 0.318 e. The fraction of sp³-hybridized carbons (Fsp3) is 0.571. The van der Waals surface area contributed by atoms with E-state index in [4.69, 9.17) is 4.74 Å². The van der Waals surface area contributed by atoms with E-state index in [2.05, 4.69) is 10.3 Å². The van der Waals surface area contributed by atoms with E-state index >= 15 is 0 Å². The third-order valence-electron chi connectivity index (χ3n) is 4.27. The molecular formula is C14H17F2N3O2. The van der Waals surface area contributed by atoms with Crippen LogP contribution in [-0.2, 0) is 10.3 Å². The van der Waals surface area contributed by atoms with Gasteiger partial charge in [0.2, 0.25) is 0 Å². The van der Waals surface area contributed by atoms with Gasteiger partial charge in [-0.2, -0.15) is 0 Å². The molecule has 0 bridgehead atoms. The van der Waals surface area contributed by atoms with Crippen LogP contribution in [0.4, 0.5) is 13.6 Å². The molecule has 1 aromatic rings. The van der Waals surface area contributed by atoms with Gasteiger partial charge in [0.05, 0.1) is 12.1 Å². The van der Waals surface area contributed by atoms with E-state index in [0.717, 1.165) is 18.4 Å². The van der Waals surface area contributed by atoms with E-state index in [1.54, 1.807) is 19.4 Å². The summed E-state index contributed by atoms with van der Waals surface area (Å²) in [7, 11) is 1.64. The lowest BCUT2D eigenvalue weighted by molar-refractivity contribution is -0.0225. The number of nitrogens with zero attached hydrogens (tertiary/aromatic N) is 2. The molecule has 1 N–H and O–H groups in total. The quantitative estimate of drug-likeness (QED) is 0.924. The Balaban J connectivity index is 1.71. The van der Waals surface area contributed by atoms with Gasteiger partial charge < -0.3 is 15.0 Å². The average Bonchev–Trinajstić information content (AvgIpc) is 3.21. The molecule has 7 heteroatoms. The minimum absolute atomic E-state index is 0.158. The van der Waals surface area contributed by atoms with E-state index in [1.165, 1.54) is 4.90 Å². The second-order valence-corrected chi connectivity index (χ2v) is 5.60. The fourth-order valence-electron chi connectivity index (χ4n) is 2.72. The molecule has 1 aliphatic heterocycles. The number of carbonyl (C=O) groups is 1. The molecule has 21 heavy (non-hydrogen) atoms. The first-order valence-corrected chi connectivity index (χ1v) is 6.86. The van der Waals surface area contributed by atoms with Crippen molar-refractivity contribution in [2.45, 2.75) is 30.3 Å². The molecule has 0 aromatic carbocycles. The van der Waals surface area contributed by atoms with Crippen LogP contribution in [0.15, 0.2) is 24.5 Å². The summed E-state index contributed by atoms with van der Waals surface area (Å²) < 4.78 is 31.7. The molecule has 2 fully saturated rings. The molecule has 0 unspecified atom stereocenters. The largest absolute Gasteiger partial charge is 0.373 e. The minimum Gasteiger partial charge on any atom is -0.373 e. The molecule has 1 aliphatic carbocycles. The summed E-state index contributed by atoms with van der Waals surface area (Å²) in [6, 6.07) is 1.94. The van der Waals surface area contributed by atoms with Crippen LogP contribution in [0.5, 0.6) is 0 Å². The maximum absolute atomic E-state index is 13.5. The second-order valence-electron chi connectivity index (χ2n) is 5.60. The topological polar surface area (TPSA) is 54.5 Å². The highest BCUT2D eigenvalue weighted by molar-refractivity contribution is 5.76. The predicted octanol–water partition coefficient (Wildman–Crippen LogP) is 1.75.